The molecule has 3 N–H and O–H groups in total. The SMILES string of the molecule is CN(C1CCC(N)(C(=O)O)C1)C1CCS(=O)(=O)C1. The van der Waals surface area contributed by atoms with E-state index in [0.717, 1.165) is 6.42 Å². The molecule has 0 radical (unpaired) electrons. The van der Waals surface area contributed by atoms with Gasteiger partial charge < -0.3 is 10.8 Å². The number of rotatable bonds is 3. The van der Waals surface area contributed by atoms with E-state index in [-0.39, 0.29) is 23.6 Å². The summed E-state index contributed by atoms with van der Waals surface area (Å²) >= 11 is 0. The quantitative estimate of drug-likeness (QED) is 0.716. The highest BCUT2D eigenvalue weighted by Crippen LogP contribution is 2.33. The van der Waals surface area contributed by atoms with E-state index in [9.17, 15) is 13.2 Å². The van der Waals surface area contributed by atoms with Gasteiger partial charge in [-0.3, -0.25) is 9.69 Å². The zero-order chi connectivity index (χ0) is 13.6. The number of carboxylic acid groups (broad SMARTS) is 1. The normalized spacial score (nSPS) is 39.3. The second kappa shape index (κ2) is 4.47. The Labute approximate surface area is 107 Å². The number of carboxylic acids is 1. The van der Waals surface area contributed by atoms with Gasteiger partial charge in [0.2, 0.25) is 0 Å². The fourth-order valence-electron chi connectivity index (χ4n) is 2.99. The highest BCUT2D eigenvalue weighted by molar-refractivity contribution is 7.91. The lowest BCUT2D eigenvalue weighted by Crippen LogP contribution is -2.48. The van der Waals surface area contributed by atoms with Crippen LogP contribution in [-0.4, -0.2) is 60.6 Å². The Kier molecular flexibility index (Phi) is 3.42. The summed E-state index contributed by atoms with van der Waals surface area (Å²) in [6.07, 6.45) is 2.21. The third-order valence-electron chi connectivity index (χ3n) is 4.31. The third kappa shape index (κ3) is 2.53. The van der Waals surface area contributed by atoms with Crippen LogP contribution in [0.1, 0.15) is 25.7 Å². The van der Waals surface area contributed by atoms with Crippen LogP contribution in [0.2, 0.25) is 0 Å². The monoisotopic (exact) mass is 276 g/mol. The minimum absolute atomic E-state index is 0.0103. The second-order valence-electron chi connectivity index (χ2n) is 5.58. The number of hydrogen-bond donors (Lipinski definition) is 2. The van der Waals surface area contributed by atoms with Crippen LogP contribution < -0.4 is 5.73 Å². The Morgan fingerprint density at radius 1 is 1.39 bits per heavy atom. The van der Waals surface area contributed by atoms with Crippen LogP contribution in [0.15, 0.2) is 0 Å². The molecule has 18 heavy (non-hydrogen) atoms. The van der Waals surface area contributed by atoms with E-state index in [1.807, 2.05) is 11.9 Å². The average molecular weight is 276 g/mol. The van der Waals surface area contributed by atoms with Crippen molar-refractivity contribution in [2.45, 2.75) is 43.3 Å². The number of carbonyl (C=O) groups is 1. The van der Waals surface area contributed by atoms with E-state index in [1.165, 1.54) is 0 Å². The first-order chi connectivity index (χ1) is 8.23. The molecule has 7 heteroatoms. The van der Waals surface area contributed by atoms with Gasteiger partial charge in [0.1, 0.15) is 5.54 Å². The third-order valence-corrected chi connectivity index (χ3v) is 6.06. The zero-order valence-electron chi connectivity index (χ0n) is 10.5. The molecule has 0 bridgehead atoms. The first kappa shape index (κ1) is 13.8. The fraction of sp³-hybridized carbons (Fsp3) is 0.909. The first-order valence-electron chi connectivity index (χ1n) is 6.18. The molecule has 2 rings (SSSR count). The minimum Gasteiger partial charge on any atom is -0.480 e. The van der Waals surface area contributed by atoms with Crippen LogP contribution in [0.4, 0.5) is 0 Å². The summed E-state index contributed by atoms with van der Waals surface area (Å²) in [6, 6.07) is 0.0838. The standard InChI is InChI=1S/C11H20N2O4S/c1-13(9-3-5-18(16,17)7-9)8-2-4-11(12,6-8)10(14)15/h8-9H,2-7,12H2,1H3,(H,14,15). The predicted molar refractivity (Wildman–Crippen MR) is 67.0 cm³/mol. The Hall–Kier alpha value is -0.660. The smallest absolute Gasteiger partial charge is 0.323 e. The van der Waals surface area contributed by atoms with Gasteiger partial charge in [-0.05, 0) is 32.7 Å². The van der Waals surface area contributed by atoms with Gasteiger partial charge in [0.15, 0.2) is 9.84 Å². The Morgan fingerprint density at radius 2 is 2.06 bits per heavy atom. The number of hydrogen-bond acceptors (Lipinski definition) is 5. The van der Waals surface area contributed by atoms with E-state index in [1.54, 1.807) is 0 Å². The van der Waals surface area contributed by atoms with Crippen molar-refractivity contribution >= 4 is 15.8 Å². The highest BCUT2D eigenvalue weighted by Gasteiger charge is 2.45. The summed E-state index contributed by atoms with van der Waals surface area (Å²) in [5.41, 5.74) is 4.70. The molecule has 0 aromatic heterocycles. The summed E-state index contributed by atoms with van der Waals surface area (Å²) in [5.74, 6) is -0.538. The summed E-state index contributed by atoms with van der Waals surface area (Å²) in [6.45, 7) is 0. The first-order valence-corrected chi connectivity index (χ1v) is 8.00. The lowest BCUT2D eigenvalue weighted by molar-refractivity contribution is -0.143. The zero-order valence-corrected chi connectivity index (χ0v) is 11.3. The van der Waals surface area contributed by atoms with E-state index in [0.29, 0.717) is 19.3 Å². The van der Waals surface area contributed by atoms with Gasteiger partial charge in [-0.15, -0.1) is 0 Å². The molecule has 1 saturated carbocycles. The van der Waals surface area contributed by atoms with E-state index in [4.69, 9.17) is 10.8 Å². The summed E-state index contributed by atoms with van der Waals surface area (Å²) in [5, 5.41) is 9.08. The molecule has 3 atom stereocenters. The maximum atomic E-state index is 11.5. The summed E-state index contributed by atoms with van der Waals surface area (Å²) < 4.78 is 22.9. The topological polar surface area (TPSA) is 101 Å². The van der Waals surface area contributed by atoms with Crippen molar-refractivity contribution in [2.24, 2.45) is 5.73 Å². The van der Waals surface area contributed by atoms with Crippen LogP contribution in [0.25, 0.3) is 0 Å². The van der Waals surface area contributed by atoms with Crippen molar-refractivity contribution in [3.63, 3.8) is 0 Å². The van der Waals surface area contributed by atoms with Gasteiger partial charge in [-0.25, -0.2) is 8.42 Å². The van der Waals surface area contributed by atoms with E-state index < -0.39 is 21.3 Å². The largest absolute Gasteiger partial charge is 0.480 e. The Balaban J connectivity index is 2.00. The molecular formula is C11H20N2O4S. The van der Waals surface area contributed by atoms with Gasteiger partial charge in [0.25, 0.3) is 0 Å². The van der Waals surface area contributed by atoms with Gasteiger partial charge in [0.05, 0.1) is 11.5 Å². The molecular weight excluding hydrogens is 256 g/mol. The molecule has 0 spiro atoms. The minimum atomic E-state index is -2.90. The summed E-state index contributed by atoms with van der Waals surface area (Å²) in [4.78, 5) is 13.1. The van der Waals surface area contributed by atoms with Gasteiger partial charge in [-0.1, -0.05) is 0 Å². The van der Waals surface area contributed by atoms with Crippen LogP contribution in [0, 0.1) is 0 Å². The molecule has 1 heterocycles. The van der Waals surface area contributed by atoms with Crippen molar-refractivity contribution < 1.29 is 18.3 Å². The van der Waals surface area contributed by atoms with E-state index in [2.05, 4.69) is 0 Å². The maximum Gasteiger partial charge on any atom is 0.323 e. The van der Waals surface area contributed by atoms with Crippen LogP contribution in [-0.2, 0) is 14.6 Å². The van der Waals surface area contributed by atoms with Crippen molar-refractivity contribution in [1.29, 1.82) is 0 Å². The van der Waals surface area contributed by atoms with Crippen molar-refractivity contribution in [1.82, 2.24) is 4.90 Å². The molecule has 1 saturated heterocycles. The van der Waals surface area contributed by atoms with Gasteiger partial charge >= 0.3 is 5.97 Å². The lowest BCUT2D eigenvalue weighted by Gasteiger charge is -2.30. The summed E-state index contributed by atoms with van der Waals surface area (Å²) in [7, 11) is -1.03. The fourth-order valence-corrected chi connectivity index (χ4v) is 4.77. The molecule has 6 nitrogen and oxygen atoms in total. The number of nitrogens with zero attached hydrogens (tertiary/aromatic N) is 1. The van der Waals surface area contributed by atoms with Crippen LogP contribution in [0.5, 0.6) is 0 Å². The average Bonchev–Trinajstić information content (AvgIpc) is 2.82. The molecule has 1 aliphatic carbocycles. The van der Waals surface area contributed by atoms with Crippen LogP contribution in [0.3, 0.4) is 0 Å². The van der Waals surface area contributed by atoms with Crippen molar-refractivity contribution in [2.75, 3.05) is 18.6 Å². The number of nitrogens with two attached hydrogens (primary N) is 1. The Morgan fingerprint density at radius 3 is 2.50 bits per heavy atom. The molecule has 2 aliphatic rings. The van der Waals surface area contributed by atoms with Gasteiger partial charge in [0, 0.05) is 12.1 Å². The predicted octanol–water partition coefficient (Wildman–Crippen LogP) is -0.560. The van der Waals surface area contributed by atoms with E-state index >= 15 is 0 Å². The molecule has 1 aliphatic heterocycles. The molecule has 104 valence electrons. The van der Waals surface area contributed by atoms with Crippen molar-refractivity contribution in [3.05, 3.63) is 0 Å². The number of sulfone groups is 1. The van der Waals surface area contributed by atoms with Crippen molar-refractivity contribution in [3.8, 4) is 0 Å². The molecule has 3 unspecified atom stereocenters. The van der Waals surface area contributed by atoms with Gasteiger partial charge in [-0.2, -0.15) is 0 Å². The molecule has 2 fully saturated rings. The second-order valence-corrected chi connectivity index (χ2v) is 7.81. The highest BCUT2D eigenvalue weighted by atomic mass is 32.2. The lowest BCUT2D eigenvalue weighted by atomic mass is 9.99. The van der Waals surface area contributed by atoms with Crippen LogP contribution >= 0.6 is 0 Å². The molecule has 0 aromatic rings. The number of aliphatic carboxylic acids is 1. The molecule has 0 amide bonds. The Bertz CT molecular complexity index is 450. The maximum absolute atomic E-state index is 11.5. The molecule has 0 aromatic carbocycles.